The molecule has 2 bridgehead atoms. The first-order valence-corrected chi connectivity index (χ1v) is 17.3. The highest BCUT2D eigenvalue weighted by molar-refractivity contribution is 5.77. The summed E-state index contributed by atoms with van der Waals surface area (Å²) in [6.07, 6.45) is 13.0. The van der Waals surface area contributed by atoms with Crippen molar-refractivity contribution in [1.29, 1.82) is 0 Å². The van der Waals surface area contributed by atoms with Crippen molar-refractivity contribution in [1.82, 2.24) is 9.80 Å². The Kier molecular flexibility index (Phi) is 9.55. The summed E-state index contributed by atoms with van der Waals surface area (Å²) in [4.78, 5) is 30.9. The van der Waals surface area contributed by atoms with Gasteiger partial charge in [-0.05, 0) is 69.4 Å². The van der Waals surface area contributed by atoms with E-state index in [0.717, 1.165) is 101 Å². The molecule has 7 heteroatoms. The molecule has 0 radical (unpaired) electrons. The molecule has 2 aliphatic carbocycles. The third kappa shape index (κ3) is 5.89. The van der Waals surface area contributed by atoms with E-state index in [4.69, 9.17) is 9.47 Å². The number of hydrogen-bond acceptors (Lipinski definition) is 6. The normalized spacial score (nSPS) is 26.1. The molecule has 4 aliphatic rings. The Balaban J connectivity index is 1.28. The van der Waals surface area contributed by atoms with Gasteiger partial charge >= 0.3 is 5.97 Å². The number of nitrogens with zero attached hydrogens (tertiary/aromatic N) is 2. The number of amides is 1. The van der Waals surface area contributed by atoms with Gasteiger partial charge in [-0.1, -0.05) is 62.6 Å². The Labute approximate surface area is 268 Å². The average Bonchev–Trinajstić information content (AvgIpc) is 3.37. The zero-order valence-electron chi connectivity index (χ0n) is 27.1. The smallest absolute Gasteiger partial charge is 0.308 e. The number of phenols is 1. The number of unbranched alkanes of at least 4 members (excludes halogenated alkanes) is 4. The zero-order valence-corrected chi connectivity index (χ0v) is 27.1. The molecule has 242 valence electrons. The molecular weight excluding hydrogens is 564 g/mol. The van der Waals surface area contributed by atoms with Gasteiger partial charge < -0.3 is 19.5 Å². The monoisotopic (exact) mass is 614 g/mol. The summed E-state index contributed by atoms with van der Waals surface area (Å²) in [7, 11) is 0. The molecular formula is C38H50N2O5. The topological polar surface area (TPSA) is 79.3 Å². The molecule has 5 atom stereocenters. The van der Waals surface area contributed by atoms with Gasteiger partial charge in [-0.3, -0.25) is 14.5 Å². The van der Waals surface area contributed by atoms with Gasteiger partial charge in [0.2, 0.25) is 5.91 Å². The van der Waals surface area contributed by atoms with Crippen LogP contribution in [-0.4, -0.2) is 64.6 Å². The number of likely N-dealkylation sites (tertiary alicyclic amines) is 1. The summed E-state index contributed by atoms with van der Waals surface area (Å²) in [6.45, 7) is 10.1. The van der Waals surface area contributed by atoms with Crippen LogP contribution in [0.3, 0.4) is 0 Å². The van der Waals surface area contributed by atoms with Gasteiger partial charge in [-0.2, -0.15) is 0 Å². The fourth-order valence-corrected chi connectivity index (χ4v) is 9.17. The number of esters is 1. The molecule has 2 aliphatic heterocycles. The number of aryl methyl sites for hydroxylation is 1. The van der Waals surface area contributed by atoms with E-state index in [2.05, 4.69) is 47.6 Å². The number of rotatable bonds is 14. The quantitative estimate of drug-likeness (QED) is 0.110. The van der Waals surface area contributed by atoms with Crippen molar-refractivity contribution >= 4 is 11.9 Å². The van der Waals surface area contributed by atoms with E-state index < -0.39 is 5.97 Å². The van der Waals surface area contributed by atoms with E-state index in [9.17, 15) is 14.7 Å². The second-order valence-electron chi connectivity index (χ2n) is 13.6. The number of aromatic hydroxyl groups is 1. The first-order valence-electron chi connectivity index (χ1n) is 17.3. The molecule has 1 spiro atoms. The Morgan fingerprint density at radius 3 is 2.73 bits per heavy atom. The summed E-state index contributed by atoms with van der Waals surface area (Å²) < 4.78 is 12.6. The Morgan fingerprint density at radius 1 is 1.16 bits per heavy atom. The lowest BCUT2D eigenvalue weighted by molar-refractivity contribution is -0.142. The van der Waals surface area contributed by atoms with E-state index in [1.807, 2.05) is 12.1 Å². The number of carbonyl (C=O) groups excluding carboxylic acids is 2. The largest absolute Gasteiger partial charge is 0.508 e. The number of hydrogen-bond donors (Lipinski definition) is 1. The number of phenolic OH excluding ortho intramolecular Hbond substituents is 1. The molecule has 2 heterocycles. The van der Waals surface area contributed by atoms with Crippen LogP contribution in [0.5, 0.6) is 17.2 Å². The average molecular weight is 615 g/mol. The number of benzene rings is 2. The lowest BCUT2D eigenvalue weighted by Crippen LogP contribution is -2.69. The summed E-state index contributed by atoms with van der Waals surface area (Å²) in [5, 5.41) is 11.3. The van der Waals surface area contributed by atoms with Crippen LogP contribution in [0.25, 0.3) is 0 Å². The van der Waals surface area contributed by atoms with E-state index in [-0.39, 0.29) is 35.3 Å². The van der Waals surface area contributed by atoms with Gasteiger partial charge in [-0.15, -0.1) is 6.58 Å². The molecule has 2 aromatic carbocycles. The van der Waals surface area contributed by atoms with Gasteiger partial charge in [-0.25, -0.2) is 0 Å². The van der Waals surface area contributed by atoms with E-state index in [0.29, 0.717) is 23.8 Å². The Bertz CT molecular complexity index is 1390. The van der Waals surface area contributed by atoms with Crippen LogP contribution in [0.2, 0.25) is 0 Å². The SMILES string of the molecule is C=CCN1CC[C@]23c4c5c(O)cc(OC(C)=O)c4O[C@H]2[C@H](N(CCCCC)C(=O)CCCCCc2ccccc2)CC[C@H]3[C@H]1C5. The van der Waals surface area contributed by atoms with Crippen LogP contribution in [0, 0.1) is 5.92 Å². The van der Waals surface area contributed by atoms with Crippen LogP contribution < -0.4 is 9.47 Å². The fraction of sp³-hybridized carbons (Fsp3) is 0.579. The van der Waals surface area contributed by atoms with Crippen molar-refractivity contribution in [2.24, 2.45) is 5.92 Å². The molecule has 0 aromatic heterocycles. The van der Waals surface area contributed by atoms with E-state index in [1.165, 1.54) is 12.5 Å². The first kappa shape index (κ1) is 31.7. The maximum absolute atomic E-state index is 14.1. The summed E-state index contributed by atoms with van der Waals surface area (Å²) in [5.41, 5.74) is 2.97. The fourth-order valence-electron chi connectivity index (χ4n) is 9.17. The lowest BCUT2D eigenvalue weighted by atomic mass is 9.50. The van der Waals surface area contributed by atoms with Gasteiger partial charge in [0.25, 0.3) is 0 Å². The molecule has 0 unspecified atom stereocenters. The lowest BCUT2D eigenvalue weighted by Gasteiger charge is -2.60. The number of piperidine rings is 1. The minimum Gasteiger partial charge on any atom is -0.508 e. The standard InChI is InChI=1S/C38H50N2O5/c1-4-6-13-22-40(34(43)17-12-8-11-16-27-14-9-7-10-15-27)30-19-18-29-31-24-28-32(42)25-33(44-26(3)41)36-35(28)38(29,37(30)45-36)20-23-39(31)21-5-2/h5,7,9-10,14-15,25,29-31,37,42H,2,4,6,8,11-13,16-24H2,1,3H3/t29-,30+,31+,37-,38-/m0/s1. The summed E-state index contributed by atoms with van der Waals surface area (Å²) in [6, 6.07) is 12.3. The molecule has 2 aromatic rings. The minimum absolute atomic E-state index is 0.0628. The van der Waals surface area contributed by atoms with Crippen molar-refractivity contribution in [2.45, 2.75) is 114 Å². The molecule has 1 N–H and O–H groups in total. The molecule has 6 rings (SSSR count). The van der Waals surface area contributed by atoms with Crippen LogP contribution in [0.4, 0.5) is 0 Å². The number of carbonyl (C=O) groups is 2. The van der Waals surface area contributed by atoms with E-state index in [1.54, 1.807) is 6.07 Å². The number of ether oxygens (including phenoxy) is 2. The molecule has 1 saturated heterocycles. The third-order valence-corrected chi connectivity index (χ3v) is 11.0. The second kappa shape index (κ2) is 13.6. The predicted octanol–water partition coefficient (Wildman–Crippen LogP) is 6.73. The highest BCUT2D eigenvalue weighted by Gasteiger charge is 2.67. The summed E-state index contributed by atoms with van der Waals surface area (Å²) in [5.74, 6) is 1.20. The zero-order chi connectivity index (χ0) is 31.6. The highest BCUT2D eigenvalue weighted by atomic mass is 16.6. The minimum atomic E-state index is -0.437. The maximum atomic E-state index is 14.1. The highest BCUT2D eigenvalue weighted by Crippen LogP contribution is 2.65. The van der Waals surface area contributed by atoms with Gasteiger partial charge in [0, 0.05) is 55.1 Å². The first-order chi connectivity index (χ1) is 21.9. The van der Waals surface area contributed by atoms with Crippen molar-refractivity contribution in [3.63, 3.8) is 0 Å². The molecule has 7 nitrogen and oxygen atoms in total. The van der Waals surface area contributed by atoms with Crippen molar-refractivity contribution < 1.29 is 24.2 Å². The van der Waals surface area contributed by atoms with Gasteiger partial charge in [0.15, 0.2) is 11.5 Å². The molecule has 45 heavy (non-hydrogen) atoms. The van der Waals surface area contributed by atoms with Crippen LogP contribution >= 0.6 is 0 Å². The predicted molar refractivity (Wildman–Crippen MR) is 176 cm³/mol. The molecule has 1 amide bonds. The second-order valence-corrected chi connectivity index (χ2v) is 13.6. The Morgan fingerprint density at radius 2 is 1.98 bits per heavy atom. The van der Waals surface area contributed by atoms with Crippen LogP contribution in [0.15, 0.2) is 49.1 Å². The summed E-state index contributed by atoms with van der Waals surface area (Å²) >= 11 is 0. The van der Waals surface area contributed by atoms with Crippen molar-refractivity contribution in [3.05, 3.63) is 65.7 Å². The van der Waals surface area contributed by atoms with Crippen LogP contribution in [-0.2, 0) is 27.8 Å². The van der Waals surface area contributed by atoms with E-state index >= 15 is 0 Å². The van der Waals surface area contributed by atoms with Crippen molar-refractivity contribution in [3.8, 4) is 17.2 Å². The van der Waals surface area contributed by atoms with Gasteiger partial charge in [0.1, 0.15) is 11.9 Å². The van der Waals surface area contributed by atoms with Crippen LogP contribution in [0.1, 0.15) is 94.7 Å². The van der Waals surface area contributed by atoms with Gasteiger partial charge in [0.05, 0.1) is 6.04 Å². The van der Waals surface area contributed by atoms with Crippen molar-refractivity contribution in [2.75, 3.05) is 19.6 Å². The molecule has 1 saturated carbocycles. The Hall–Kier alpha value is -3.32. The maximum Gasteiger partial charge on any atom is 0.308 e. The third-order valence-electron chi connectivity index (χ3n) is 11.0. The molecule has 2 fully saturated rings.